The number of nitrogens with zero attached hydrogens (tertiary/aromatic N) is 4. The largest absolute Gasteiger partial charge is 0.340 e. The third kappa shape index (κ3) is 5.00. The topological polar surface area (TPSA) is 97.9 Å². The standard InChI is InChI=1S/C28H40N6O3S/c1-5-29-27(37)31-24-22(21-8-7-19(4)30-23(21)38-24)25(35)32-14-9-20(10-15-32)33-13-6-11-28(17-33)12-16-34(18(2)3)26(28)36/h7-8,18,20H,5-6,9-17H2,1-4H3,(H2,29,31,37)/t28-/m0/s1. The zero-order valence-electron chi connectivity index (χ0n) is 23.0. The number of fused-ring (bicyclic) bond motifs is 1. The number of hydrogen-bond acceptors (Lipinski definition) is 6. The number of hydrogen-bond donors (Lipinski definition) is 2. The number of urea groups is 1. The van der Waals surface area contributed by atoms with Gasteiger partial charge in [0, 0.05) is 55.9 Å². The van der Waals surface area contributed by atoms with Gasteiger partial charge in [-0.3, -0.25) is 19.8 Å². The minimum absolute atomic E-state index is 0.0548. The number of pyridine rings is 1. The molecule has 206 valence electrons. The molecule has 0 aromatic carbocycles. The van der Waals surface area contributed by atoms with Crippen LogP contribution in [0.15, 0.2) is 12.1 Å². The summed E-state index contributed by atoms with van der Waals surface area (Å²) in [4.78, 5) is 51.3. The maximum Gasteiger partial charge on any atom is 0.319 e. The molecule has 2 N–H and O–H groups in total. The molecule has 0 unspecified atom stereocenters. The highest BCUT2D eigenvalue weighted by molar-refractivity contribution is 7.23. The summed E-state index contributed by atoms with van der Waals surface area (Å²) in [6, 6.07) is 4.16. The van der Waals surface area contributed by atoms with Gasteiger partial charge in [-0.2, -0.15) is 0 Å². The van der Waals surface area contributed by atoms with E-state index < -0.39 is 0 Å². The van der Waals surface area contributed by atoms with Crippen molar-refractivity contribution in [2.45, 2.75) is 71.9 Å². The second-order valence-electron chi connectivity index (χ2n) is 11.3. The first-order valence-corrected chi connectivity index (χ1v) is 14.8. The summed E-state index contributed by atoms with van der Waals surface area (Å²) in [5.41, 5.74) is 1.18. The van der Waals surface area contributed by atoms with Crippen molar-refractivity contribution in [3.63, 3.8) is 0 Å². The van der Waals surface area contributed by atoms with E-state index in [0.29, 0.717) is 42.1 Å². The van der Waals surface area contributed by atoms with Crippen molar-refractivity contribution >= 4 is 44.4 Å². The van der Waals surface area contributed by atoms with E-state index >= 15 is 0 Å². The van der Waals surface area contributed by atoms with Gasteiger partial charge in [0.25, 0.3) is 5.91 Å². The number of likely N-dealkylation sites (tertiary alicyclic amines) is 3. The third-order valence-electron chi connectivity index (χ3n) is 8.52. The highest BCUT2D eigenvalue weighted by Gasteiger charge is 2.50. The summed E-state index contributed by atoms with van der Waals surface area (Å²) in [5, 5.41) is 6.96. The van der Waals surface area contributed by atoms with E-state index in [4.69, 9.17) is 0 Å². The average Bonchev–Trinajstić information content (AvgIpc) is 3.40. The molecule has 0 bridgehead atoms. The first-order valence-electron chi connectivity index (χ1n) is 14.0. The van der Waals surface area contributed by atoms with E-state index in [1.54, 1.807) is 0 Å². The van der Waals surface area contributed by atoms with Crippen LogP contribution >= 0.6 is 11.3 Å². The Labute approximate surface area is 228 Å². The van der Waals surface area contributed by atoms with E-state index in [-0.39, 0.29) is 23.4 Å². The number of thiophene rings is 1. The second kappa shape index (κ2) is 10.8. The van der Waals surface area contributed by atoms with E-state index in [2.05, 4.69) is 39.3 Å². The molecule has 3 fully saturated rings. The molecule has 1 atom stereocenters. The summed E-state index contributed by atoms with van der Waals surface area (Å²) in [5.74, 6) is 0.283. The van der Waals surface area contributed by atoms with Crippen LogP contribution in [0, 0.1) is 12.3 Å². The monoisotopic (exact) mass is 540 g/mol. The van der Waals surface area contributed by atoms with Crippen LogP contribution in [0.1, 0.15) is 68.9 Å². The van der Waals surface area contributed by atoms with Crippen LogP contribution in [0.2, 0.25) is 0 Å². The Kier molecular flexibility index (Phi) is 7.64. The van der Waals surface area contributed by atoms with Crippen molar-refractivity contribution in [3.8, 4) is 0 Å². The number of aromatic nitrogens is 1. The van der Waals surface area contributed by atoms with Gasteiger partial charge in [0.05, 0.1) is 11.0 Å². The second-order valence-corrected chi connectivity index (χ2v) is 12.3. The molecule has 38 heavy (non-hydrogen) atoms. The number of aryl methyl sites for hydroxylation is 1. The van der Waals surface area contributed by atoms with Gasteiger partial charge in [0.15, 0.2) is 0 Å². The number of piperidine rings is 2. The Morgan fingerprint density at radius 1 is 1.16 bits per heavy atom. The first kappa shape index (κ1) is 26.9. The summed E-state index contributed by atoms with van der Waals surface area (Å²) < 4.78 is 0. The van der Waals surface area contributed by atoms with Gasteiger partial charge >= 0.3 is 6.03 Å². The molecule has 10 heteroatoms. The molecule has 3 aliphatic heterocycles. The maximum absolute atomic E-state index is 13.8. The van der Waals surface area contributed by atoms with Gasteiger partial charge < -0.3 is 15.1 Å². The summed E-state index contributed by atoms with van der Waals surface area (Å²) in [6.45, 7) is 12.6. The van der Waals surface area contributed by atoms with Crippen LogP contribution in [0.5, 0.6) is 0 Å². The van der Waals surface area contributed by atoms with E-state index in [1.807, 2.05) is 30.9 Å². The normalized spacial score (nSPS) is 23.1. The Morgan fingerprint density at radius 2 is 1.92 bits per heavy atom. The molecule has 5 rings (SSSR count). The first-order chi connectivity index (χ1) is 18.2. The van der Waals surface area contributed by atoms with Crippen molar-refractivity contribution in [3.05, 3.63) is 23.4 Å². The quantitative estimate of drug-likeness (QED) is 0.596. The molecule has 0 saturated carbocycles. The van der Waals surface area contributed by atoms with Crippen molar-refractivity contribution < 1.29 is 14.4 Å². The van der Waals surface area contributed by atoms with Crippen LogP contribution in [-0.4, -0.2) is 88.9 Å². The lowest BCUT2D eigenvalue weighted by Gasteiger charge is -2.45. The van der Waals surface area contributed by atoms with E-state index in [0.717, 1.165) is 67.6 Å². The van der Waals surface area contributed by atoms with Crippen LogP contribution in [0.4, 0.5) is 9.80 Å². The lowest BCUT2D eigenvalue weighted by molar-refractivity contribution is -0.140. The Bertz CT molecular complexity index is 1220. The molecule has 3 aliphatic rings. The van der Waals surface area contributed by atoms with Gasteiger partial charge in [-0.1, -0.05) is 11.3 Å². The highest BCUT2D eigenvalue weighted by Crippen LogP contribution is 2.42. The summed E-state index contributed by atoms with van der Waals surface area (Å²) in [7, 11) is 0. The van der Waals surface area contributed by atoms with Gasteiger partial charge in [-0.25, -0.2) is 9.78 Å². The summed E-state index contributed by atoms with van der Waals surface area (Å²) in [6.07, 6.45) is 4.78. The third-order valence-corrected chi connectivity index (χ3v) is 9.53. The Hall–Kier alpha value is -2.72. The minimum Gasteiger partial charge on any atom is -0.340 e. The van der Waals surface area contributed by atoms with Crippen molar-refractivity contribution in [1.29, 1.82) is 0 Å². The fraction of sp³-hybridized carbons (Fsp3) is 0.643. The molecule has 3 saturated heterocycles. The summed E-state index contributed by atoms with van der Waals surface area (Å²) >= 11 is 1.35. The average molecular weight is 541 g/mol. The van der Waals surface area contributed by atoms with Gasteiger partial charge in [-0.15, -0.1) is 0 Å². The van der Waals surface area contributed by atoms with Gasteiger partial charge in [0.1, 0.15) is 9.83 Å². The molecule has 1 spiro atoms. The lowest BCUT2D eigenvalue weighted by Crippen LogP contribution is -2.54. The van der Waals surface area contributed by atoms with Crippen LogP contribution in [0.3, 0.4) is 0 Å². The molecular formula is C28H40N6O3S. The molecule has 5 heterocycles. The number of rotatable bonds is 5. The molecular weight excluding hydrogens is 500 g/mol. The van der Waals surface area contributed by atoms with Crippen LogP contribution in [0.25, 0.3) is 10.2 Å². The van der Waals surface area contributed by atoms with Crippen LogP contribution in [-0.2, 0) is 4.79 Å². The smallest absolute Gasteiger partial charge is 0.319 e. The molecule has 2 aromatic heterocycles. The SMILES string of the molecule is CCNC(=O)Nc1sc2nc(C)ccc2c1C(=O)N1CCC(N2CCC[C@]3(CCN(C(C)C)C3=O)C2)CC1. The molecule has 0 aliphatic carbocycles. The number of carbonyl (C=O) groups is 3. The highest BCUT2D eigenvalue weighted by atomic mass is 32.1. The van der Waals surface area contributed by atoms with Gasteiger partial charge in [-0.05, 0) is 78.5 Å². The number of nitrogens with one attached hydrogen (secondary N) is 2. The molecule has 0 radical (unpaired) electrons. The molecule has 4 amide bonds. The number of anilines is 1. The predicted octanol–water partition coefficient (Wildman–Crippen LogP) is 4.07. The van der Waals surface area contributed by atoms with Crippen molar-refractivity contribution in [2.24, 2.45) is 5.41 Å². The van der Waals surface area contributed by atoms with Crippen LogP contribution < -0.4 is 10.6 Å². The minimum atomic E-state index is -0.319. The maximum atomic E-state index is 13.8. The zero-order valence-corrected chi connectivity index (χ0v) is 23.8. The Balaban J connectivity index is 1.28. The van der Waals surface area contributed by atoms with Crippen molar-refractivity contribution in [1.82, 2.24) is 25.0 Å². The van der Waals surface area contributed by atoms with Crippen molar-refractivity contribution in [2.75, 3.05) is 44.6 Å². The lowest BCUT2D eigenvalue weighted by atomic mass is 9.77. The molecule has 2 aromatic rings. The Morgan fingerprint density at radius 3 is 2.61 bits per heavy atom. The van der Waals surface area contributed by atoms with Gasteiger partial charge in [0.2, 0.25) is 5.91 Å². The zero-order chi connectivity index (χ0) is 27.0. The number of carbonyl (C=O) groups excluding carboxylic acids is 3. The predicted molar refractivity (Wildman–Crippen MR) is 151 cm³/mol. The molecule has 9 nitrogen and oxygen atoms in total. The van der Waals surface area contributed by atoms with E-state index in [1.165, 1.54) is 11.3 Å². The fourth-order valence-corrected chi connectivity index (χ4v) is 7.58. The fourth-order valence-electron chi connectivity index (χ4n) is 6.47. The van der Waals surface area contributed by atoms with E-state index in [9.17, 15) is 14.4 Å². The number of amides is 4.